The van der Waals surface area contributed by atoms with Crippen molar-refractivity contribution in [3.63, 3.8) is 0 Å². The Labute approximate surface area is 123 Å². The van der Waals surface area contributed by atoms with Crippen LogP contribution in [0.1, 0.15) is 38.3 Å². The summed E-state index contributed by atoms with van der Waals surface area (Å²) in [6.45, 7) is 4.17. The maximum absolute atomic E-state index is 11.2. The van der Waals surface area contributed by atoms with Gasteiger partial charge in [-0.1, -0.05) is 0 Å². The second-order valence-electron chi connectivity index (χ2n) is 5.27. The average Bonchev–Trinajstić information content (AvgIpc) is 2.41. The van der Waals surface area contributed by atoms with E-state index in [0.29, 0.717) is 31.0 Å². The number of rotatable bonds is 5. The molecule has 0 unspecified atom stereocenters. The monoisotopic (exact) mass is 295 g/mol. The predicted octanol–water partition coefficient (Wildman–Crippen LogP) is 1.84. The van der Waals surface area contributed by atoms with E-state index in [1.807, 2.05) is 6.92 Å². The lowest BCUT2D eigenvalue weighted by Crippen LogP contribution is -2.29. The van der Waals surface area contributed by atoms with Crippen LogP contribution in [0.2, 0.25) is 0 Å². The van der Waals surface area contributed by atoms with Crippen molar-refractivity contribution in [1.82, 2.24) is 9.97 Å². The first kappa shape index (κ1) is 15.4. The van der Waals surface area contributed by atoms with E-state index in [-0.39, 0.29) is 23.7 Å². The van der Waals surface area contributed by atoms with Crippen LogP contribution >= 0.6 is 0 Å². The molecule has 0 radical (unpaired) electrons. The van der Waals surface area contributed by atoms with Gasteiger partial charge in [-0.05, 0) is 39.5 Å². The number of anilines is 2. The van der Waals surface area contributed by atoms with Crippen LogP contribution in [0.5, 0.6) is 0 Å². The first-order valence-electron chi connectivity index (χ1n) is 7.22. The van der Waals surface area contributed by atoms with Gasteiger partial charge in [0, 0.05) is 12.6 Å². The minimum Gasteiger partial charge on any atom is -0.393 e. The second kappa shape index (κ2) is 6.66. The van der Waals surface area contributed by atoms with E-state index < -0.39 is 4.92 Å². The quantitative estimate of drug-likeness (QED) is 0.561. The molecule has 0 saturated heterocycles. The van der Waals surface area contributed by atoms with Gasteiger partial charge in [0.1, 0.15) is 5.69 Å². The number of aliphatic hydroxyl groups excluding tert-OH is 1. The van der Waals surface area contributed by atoms with Gasteiger partial charge >= 0.3 is 5.69 Å². The Bertz CT molecular complexity index is 515. The van der Waals surface area contributed by atoms with E-state index in [9.17, 15) is 15.2 Å². The lowest BCUT2D eigenvalue weighted by atomic mass is 9.93. The summed E-state index contributed by atoms with van der Waals surface area (Å²) in [5.41, 5.74) is 0.257. The highest BCUT2D eigenvalue weighted by Gasteiger charge is 2.26. The number of aliphatic hydroxyl groups is 1. The van der Waals surface area contributed by atoms with Crippen LogP contribution in [-0.2, 0) is 0 Å². The van der Waals surface area contributed by atoms with Crippen LogP contribution in [0.15, 0.2) is 0 Å². The Hall–Kier alpha value is -1.96. The molecule has 3 N–H and O–H groups in total. The Morgan fingerprint density at radius 3 is 2.57 bits per heavy atom. The van der Waals surface area contributed by atoms with E-state index in [1.54, 1.807) is 6.92 Å². The van der Waals surface area contributed by atoms with Gasteiger partial charge < -0.3 is 15.7 Å². The van der Waals surface area contributed by atoms with Crippen LogP contribution in [0.25, 0.3) is 0 Å². The number of nitrogens with zero attached hydrogens (tertiary/aromatic N) is 3. The van der Waals surface area contributed by atoms with Gasteiger partial charge in [-0.2, -0.15) is 4.98 Å². The van der Waals surface area contributed by atoms with E-state index >= 15 is 0 Å². The van der Waals surface area contributed by atoms with Crippen molar-refractivity contribution in [2.45, 2.75) is 51.7 Å². The van der Waals surface area contributed by atoms with Crippen LogP contribution in [0.4, 0.5) is 17.5 Å². The molecular weight excluding hydrogens is 274 g/mol. The molecule has 0 amide bonds. The molecule has 0 aromatic carbocycles. The smallest absolute Gasteiger partial charge is 0.332 e. The lowest BCUT2D eigenvalue weighted by molar-refractivity contribution is -0.385. The molecule has 2 rings (SSSR count). The lowest BCUT2D eigenvalue weighted by Gasteiger charge is -2.26. The molecule has 1 saturated carbocycles. The molecule has 0 atom stereocenters. The molecule has 0 aliphatic heterocycles. The Morgan fingerprint density at radius 2 is 2.00 bits per heavy atom. The molecule has 1 aliphatic carbocycles. The second-order valence-corrected chi connectivity index (χ2v) is 5.27. The number of aryl methyl sites for hydroxylation is 1. The number of hydrogen-bond acceptors (Lipinski definition) is 7. The molecule has 0 spiro atoms. The number of aromatic nitrogens is 2. The molecule has 8 heteroatoms. The average molecular weight is 295 g/mol. The molecule has 116 valence electrons. The van der Waals surface area contributed by atoms with E-state index in [4.69, 9.17) is 0 Å². The van der Waals surface area contributed by atoms with Gasteiger partial charge in [0.2, 0.25) is 11.8 Å². The van der Waals surface area contributed by atoms with Crippen molar-refractivity contribution in [2.75, 3.05) is 17.2 Å². The molecule has 0 bridgehead atoms. The van der Waals surface area contributed by atoms with E-state index in [0.717, 1.165) is 12.8 Å². The summed E-state index contributed by atoms with van der Waals surface area (Å²) in [6.07, 6.45) is 2.70. The van der Waals surface area contributed by atoms with Crippen LogP contribution in [-0.4, -0.2) is 38.7 Å². The van der Waals surface area contributed by atoms with E-state index in [1.165, 1.54) is 0 Å². The van der Waals surface area contributed by atoms with E-state index in [2.05, 4.69) is 20.6 Å². The Morgan fingerprint density at radius 1 is 1.33 bits per heavy atom. The molecule has 1 aromatic heterocycles. The standard InChI is InChI=1S/C13H21N5O3/c1-3-14-13-15-8(2)11(18(20)21)12(17-13)16-9-4-6-10(19)7-5-9/h9-10,19H,3-7H2,1-2H3,(H2,14,15,16,17). The number of hydrogen-bond donors (Lipinski definition) is 3. The Kier molecular flexibility index (Phi) is 4.89. The maximum atomic E-state index is 11.2. The normalized spacial score (nSPS) is 21.9. The summed E-state index contributed by atoms with van der Waals surface area (Å²) in [4.78, 5) is 19.1. The van der Waals surface area contributed by atoms with Gasteiger partial charge in [-0.25, -0.2) is 4.98 Å². The molecular formula is C13H21N5O3. The van der Waals surface area contributed by atoms with Crippen molar-refractivity contribution in [2.24, 2.45) is 0 Å². The fourth-order valence-corrected chi connectivity index (χ4v) is 2.54. The van der Waals surface area contributed by atoms with Crippen LogP contribution in [0.3, 0.4) is 0 Å². The molecule has 8 nitrogen and oxygen atoms in total. The van der Waals surface area contributed by atoms with Gasteiger partial charge in [-0.15, -0.1) is 0 Å². The van der Waals surface area contributed by atoms with Gasteiger partial charge in [0.15, 0.2) is 0 Å². The SMILES string of the molecule is CCNc1nc(C)c([N+](=O)[O-])c(NC2CCC(O)CC2)n1. The van der Waals surface area contributed by atoms with Crippen molar-refractivity contribution < 1.29 is 10.0 Å². The predicted molar refractivity (Wildman–Crippen MR) is 79.5 cm³/mol. The third-order valence-corrected chi connectivity index (χ3v) is 3.61. The zero-order chi connectivity index (χ0) is 15.4. The minimum absolute atomic E-state index is 0.0808. The van der Waals surface area contributed by atoms with Crippen molar-refractivity contribution in [3.05, 3.63) is 15.8 Å². The zero-order valence-corrected chi connectivity index (χ0v) is 12.3. The zero-order valence-electron chi connectivity index (χ0n) is 12.3. The minimum atomic E-state index is -0.453. The van der Waals surface area contributed by atoms with Crippen LogP contribution < -0.4 is 10.6 Å². The largest absolute Gasteiger partial charge is 0.393 e. The fourth-order valence-electron chi connectivity index (χ4n) is 2.54. The highest BCUT2D eigenvalue weighted by Crippen LogP contribution is 2.29. The Balaban J connectivity index is 2.24. The molecule has 1 heterocycles. The van der Waals surface area contributed by atoms with Crippen molar-refractivity contribution >= 4 is 17.5 Å². The third-order valence-electron chi connectivity index (χ3n) is 3.61. The van der Waals surface area contributed by atoms with Crippen molar-refractivity contribution in [3.8, 4) is 0 Å². The summed E-state index contributed by atoms with van der Waals surface area (Å²) in [5.74, 6) is 0.642. The maximum Gasteiger partial charge on any atom is 0.332 e. The molecule has 21 heavy (non-hydrogen) atoms. The molecule has 1 aliphatic rings. The van der Waals surface area contributed by atoms with Gasteiger partial charge in [0.05, 0.1) is 11.0 Å². The topological polar surface area (TPSA) is 113 Å². The number of nitrogens with one attached hydrogen (secondary N) is 2. The highest BCUT2D eigenvalue weighted by molar-refractivity contribution is 5.61. The summed E-state index contributed by atoms with van der Waals surface area (Å²) in [7, 11) is 0. The third kappa shape index (κ3) is 3.78. The fraction of sp³-hybridized carbons (Fsp3) is 0.692. The highest BCUT2D eigenvalue weighted by atomic mass is 16.6. The first-order valence-corrected chi connectivity index (χ1v) is 7.22. The number of nitro groups is 1. The molecule has 1 fully saturated rings. The first-order chi connectivity index (χ1) is 10.0. The summed E-state index contributed by atoms with van der Waals surface area (Å²) < 4.78 is 0. The van der Waals surface area contributed by atoms with Gasteiger partial charge in [-0.3, -0.25) is 10.1 Å². The molecule has 1 aromatic rings. The van der Waals surface area contributed by atoms with Crippen molar-refractivity contribution in [1.29, 1.82) is 0 Å². The van der Waals surface area contributed by atoms with Crippen LogP contribution in [0, 0.1) is 17.0 Å². The summed E-state index contributed by atoms with van der Waals surface area (Å²) in [5, 5.41) is 26.9. The summed E-state index contributed by atoms with van der Waals surface area (Å²) in [6, 6.07) is 0.0934. The van der Waals surface area contributed by atoms with Gasteiger partial charge in [0.25, 0.3) is 0 Å². The summed E-state index contributed by atoms with van der Waals surface area (Å²) >= 11 is 0.